The molecule has 1 unspecified atom stereocenters. The van der Waals surface area contributed by atoms with Crippen molar-refractivity contribution in [2.75, 3.05) is 7.11 Å². The molecule has 0 saturated heterocycles. The van der Waals surface area contributed by atoms with Gasteiger partial charge < -0.3 is 4.74 Å². The molecule has 0 aliphatic rings. The molecule has 2 aromatic heterocycles. The molecule has 0 saturated carbocycles. The van der Waals surface area contributed by atoms with Gasteiger partial charge in [-0.05, 0) is 28.5 Å². The summed E-state index contributed by atoms with van der Waals surface area (Å²) in [4.78, 5) is 19.0. The normalized spacial score (nSPS) is 13.0. The first-order valence-corrected chi connectivity index (χ1v) is 7.41. The summed E-state index contributed by atoms with van der Waals surface area (Å²) in [6.45, 7) is 0. The van der Waals surface area contributed by atoms with Gasteiger partial charge in [-0.15, -0.1) is 0 Å². The fraction of sp³-hybridized carbons (Fsp3) is 0.250. The van der Waals surface area contributed by atoms with E-state index < -0.39 is 23.1 Å². The highest BCUT2D eigenvalue weighted by Gasteiger charge is 2.33. The molecule has 9 heteroatoms. The molecule has 21 heavy (non-hydrogen) atoms. The highest BCUT2D eigenvalue weighted by atomic mass is 32.2. The quantitative estimate of drug-likeness (QED) is 0.486. The predicted octanol–water partition coefficient (Wildman–Crippen LogP) is 3.56. The van der Waals surface area contributed by atoms with Crippen LogP contribution in [-0.2, 0) is 15.7 Å². The summed E-state index contributed by atoms with van der Waals surface area (Å²) in [6.07, 6.45) is -3.54. The van der Waals surface area contributed by atoms with Crippen LogP contribution in [-0.4, -0.2) is 23.0 Å². The van der Waals surface area contributed by atoms with E-state index in [0.717, 1.165) is 24.0 Å². The van der Waals surface area contributed by atoms with E-state index in [1.165, 1.54) is 18.4 Å². The minimum absolute atomic E-state index is 0.133. The van der Waals surface area contributed by atoms with Gasteiger partial charge in [-0.2, -0.15) is 24.5 Å². The molecule has 0 fully saturated rings. The fourth-order valence-corrected chi connectivity index (χ4v) is 3.18. The van der Waals surface area contributed by atoms with Gasteiger partial charge in [0.1, 0.15) is 10.9 Å². The Morgan fingerprint density at radius 2 is 2.19 bits per heavy atom. The third kappa shape index (κ3) is 3.94. The van der Waals surface area contributed by atoms with E-state index in [2.05, 4.69) is 14.7 Å². The number of ether oxygens (including phenoxy) is 1. The van der Waals surface area contributed by atoms with Gasteiger partial charge in [-0.1, -0.05) is 11.8 Å². The molecule has 0 spiro atoms. The van der Waals surface area contributed by atoms with Crippen LogP contribution < -0.4 is 0 Å². The number of hydrogen-bond acceptors (Lipinski definition) is 6. The Bertz CT molecular complexity index is 617. The fourth-order valence-electron chi connectivity index (χ4n) is 1.44. The van der Waals surface area contributed by atoms with Gasteiger partial charge >= 0.3 is 12.1 Å². The number of carbonyl (C=O) groups excluding carboxylic acids is 1. The lowest BCUT2D eigenvalue weighted by atomic mass is 10.2. The number of esters is 1. The van der Waals surface area contributed by atoms with Crippen LogP contribution in [0.2, 0.25) is 0 Å². The van der Waals surface area contributed by atoms with Crippen LogP contribution in [0.15, 0.2) is 34.2 Å². The standard InChI is InChI=1S/C12H9F3N2O2S2/c1-19-10(18)9(7-3-5-20-6-7)21-11-16-4-2-8(17-11)12(13,14)15/h2-6,9H,1H3. The highest BCUT2D eigenvalue weighted by Crippen LogP contribution is 2.36. The molecule has 2 heterocycles. The average Bonchev–Trinajstić information content (AvgIpc) is 2.97. The van der Waals surface area contributed by atoms with Crippen molar-refractivity contribution in [1.82, 2.24) is 9.97 Å². The van der Waals surface area contributed by atoms with E-state index in [1.807, 2.05) is 0 Å². The Hall–Kier alpha value is -1.61. The average molecular weight is 334 g/mol. The SMILES string of the molecule is COC(=O)C(Sc1nccc(C(F)(F)F)n1)c1ccsc1. The van der Waals surface area contributed by atoms with E-state index in [-0.39, 0.29) is 5.16 Å². The zero-order valence-corrected chi connectivity index (χ0v) is 12.3. The minimum atomic E-state index is -4.55. The second-order valence-electron chi connectivity index (χ2n) is 3.80. The van der Waals surface area contributed by atoms with E-state index in [9.17, 15) is 18.0 Å². The molecule has 0 aliphatic heterocycles. The Balaban J connectivity index is 2.27. The van der Waals surface area contributed by atoms with Crippen LogP contribution in [0, 0.1) is 0 Å². The first-order valence-electron chi connectivity index (χ1n) is 5.58. The zero-order valence-electron chi connectivity index (χ0n) is 10.6. The third-order valence-corrected chi connectivity index (χ3v) is 4.22. The number of alkyl halides is 3. The molecule has 2 rings (SSSR count). The lowest BCUT2D eigenvalue weighted by Crippen LogP contribution is -2.12. The van der Waals surface area contributed by atoms with Crippen molar-refractivity contribution < 1.29 is 22.7 Å². The summed E-state index contributed by atoms with van der Waals surface area (Å²) in [6, 6.07) is 2.48. The Labute approximate surface area is 126 Å². The van der Waals surface area contributed by atoms with Gasteiger partial charge in [-0.25, -0.2) is 9.97 Å². The first-order chi connectivity index (χ1) is 9.91. The van der Waals surface area contributed by atoms with E-state index >= 15 is 0 Å². The molecule has 2 aromatic rings. The van der Waals surface area contributed by atoms with Crippen LogP contribution >= 0.6 is 23.1 Å². The van der Waals surface area contributed by atoms with Gasteiger partial charge in [0.05, 0.1) is 7.11 Å². The molecule has 0 N–H and O–H groups in total. The van der Waals surface area contributed by atoms with Gasteiger partial charge in [-0.3, -0.25) is 4.79 Å². The van der Waals surface area contributed by atoms with Gasteiger partial charge in [0.15, 0.2) is 5.16 Å². The minimum Gasteiger partial charge on any atom is -0.468 e. The van der Waals surface area contributed by atoms with Crippen molar-refractivity contribution in [3.8, 4) is 0 Å². The summed E-state index contributed by atoms with van der Waals surface area (Å²) in [5, 5.41) is 2.55. The Kier molecular flexibility index (Phi) is 4.84. The zero-order chi connectivity index (χ0) is 15.5. The molecule has 112 valence electrons. The molecule has 0 aromatic carbocycles. The molecule has 0 amide bonds. The van der Waals surface area contributed by atoms with Crippen LogP contribution in [0.5, 0.6) is 0 Å². The number of carbonyl (C=O) groups is 1. The van der Waals surface area contributed by atoms with Gasteiger partial charge in [0.25, 0.3) is 0 Å². The third-order valence-electron chi connectivity index (χ3n) is 2.41. The predicted molar refractivity (Wildman–Crippen MR) is 72.0 cm³/mol. The number of aromatic nitrogens is 2. The number of thiophene rings is 1. The lowest BCUT2D eigenvalue weighted by Gasteiger charge is -2.12. The summed E-state index contributed by atoms with van der Waals surface area (Å²) >= 11 is 2.19. The number of rotatable bonds is 4. The maximum absolute atomic E-state index is 12.6. The molecule has 0 aliphatic carbocycles. The number of thioether (sulfide) groups is 1. The highest BCUT2D eigenvalue weighted by molar-refractivity contribution is 8.00. The Morgan fingerprint density at radius 3 is 2.76 bits per heavy atom. The van der Waals surface area contributed by atoms with Crippen molar-refractivity contribution in [1.29, 1.82) is 0 Å². The smallest absolute Gasteiger partial charge is 0.433 e. The summed E-state index contributed by atoms with van der Waals surface area (Å²) < 4.78 is 42.5. The summed E-state index contributed by atoms with van der Waals surface area (Å²) in [5.41, 5.74) is -0.410. The largest absolute Gasteiger partial charge is 0.468 e. The van der Waals surface area contributed by atoms with Crippen LogP contribution in [0.1, 0.15) is 16.5 Å². The molecule has 0 radical (unpaired) electrons. The maximum Gasteiger partial charge on any atom is 0.433 e. The van der Waals surface area contributed by atoms with E-state index in [4.69, 9.17) is 0 Å². The lowest BCUT2D eigenvalue weighted by molar-refractivity contribution is -0.141. The number of nitrogens with zero attached hydrogens (tertiary/aromatic N) is 2. The summed E-state index contributed by atoms with van der Waals surface area (Å²) in [7, 11) is 1.22. The first kappa shape index (κ1) is 15.8. The molecule has 1 atom stereocenters. The van der Waals surface area contributed by atoms with Gasteiger partial charge in [0.2, 0.25) is 0 Å². The second kappa shape index (κ2) is 6.44. The van der Waals surface area contributed by atoms with Crippen LogP contribution in [0.25, 0.3) is 0 Å². The molecular formula is C12H9F3N2O2S2. The Morgan fingerprint density at radius 1 is 1.43 bits per heavy atom. The second-order valence-corrected chi connectivity index (χ2v) is 5.65. The van der Waals surface area contributed by atoms with E-state index in [0.29, 0.717) is 5.56 Å². The van der Waals surface area contributed by atoms with Crippen molar-refractivity contribution in [2.24, 2.45) is 0 Å². The topological polar surface area (TPSA) is 52.1 Å². The number of methoxy groups -OCH3 is 1. The molecule has 4 nitrogen and oxygen atoms in total. The summed E-state index contributed by atoms with van der Waals surface area (Å²) in [5.74, 6) is -0.570. The van der Waals surface area contributed by atoms with E-state index in [1.54, 1.807) is 16.8 Å². The van der Waals surface area contributed by atoms with Crippen LogP contribution in [0.3, 0.4) is 0 Å². The number of halogens is 3. The van der Waals surface area contributed by atoms with Crippen molar-refractivity contribution >= 4 is 29.1 Å². The van der Waals surface area contributed by atoms with Gasteiger partial charge in [0, 0.05) is 6.20 Å². The monoisotopic (exact) mass is 334 g/mol. The van der Waals surface area contributed by atoms with Crippen molar-refractivity contribution in [3.63, 3.8) is 0 Å². The van der Waals surface area contributed by atoms with Crippen LogP contribution in [0.4, 0.5) is 13.2 Å². The van der Waals surface area contributed by atoms with Crippen molar-refractivity contribution in [2.45, 2.75) is 16.6 Å². The van der Waals surface area contributed by atoms with Crippen molar-refractivity contribution in [3.05, 3.63) is 40.3 Å². The maximum atomic E-state index is 12.6. The molecular weight excluding hydrogens is 325 g/mol. The molecule has 0 bridgehead atoms. The number of hydrogen-bond donors (Lipinski definition) is 0.